The fourth-order valence-corrected chi connectivity index (χ4v) is 4.42. The van der Waals surface area contributed by atoms with Gasteiger partial charge in [0.05, 0.1) is 12.0 Å². The van der Waals surface area contributed by atoms with E-state index in [2.05, 4.69) is 6.58 Å². The number of allylic oxidation sites excluding steroid dienone is 5. The van der Waals surface area contributed by atoms with Gasteiger partial charge in [-0.2, -0.15) is 0 Å². The highest BCUT2D eigenvalue weighted by atomic mass is 16.5. The highest BCUT2D eigenvalue weighted by molar-refractivity contribution is 6.13. The highest BCUT2D eigenvalue weighted by Crippen LogP contribution is 2.56. The van der Waals surface area contributed by atoms with E-state index in [0.717, 1.165) is 5.57 Å². The third-order valence-corrected chi connectivity index (χ3v) is 5.67. The molecule has 0 saturated carbocycles. The van der Waals surface area contributed by atoms with Crippen LogP contribution >= 0.6 is 0 Å². The SMILES string of the molecule is C=CC1=CCC2C(=O)C=C(C)C(=O)C2(C)C1c1cccc(OCC)c1O. The first-order valence-electron chi connectivity index (χ1n) is 8.90. The number of benzene rings is 1. The summed E-state index contributed by atoms with van der Waals surface area (Å²) < 4.78 is 5.52. The first-order valence-corrected chi connectivity index (χ1v) is 8.90. The second kappa shape index (κ2) is 6.60. The Kier molecular flexibility index (Phi) is 4.61. The number of aromatic hydroxyl groups is 1. The second-order valence-corrected chi connectivity index (χ2v) is 7.10. The van der Waals surface area contributed by atoms with Gasteiger partial charge in [0.1, 0.15) is 0 Å². The van der Waals surface area contributed by atoms with Gasteiger partial charge in [0.25, 0.3) is 0 Å². The predicted molar refractivity (Wildman–Crippen MR) is 100 cm³/mol. The number of Topliss-reactive ketones (excluding diaryl/α,β-unsaturated/α-hetero) is 1. The van der Waals surface area contributed by atoms with Crippen molar-refractivity contribution in [1.29, 1.82) is 0 Å². The molecule has 1 aromatic rings. The Morgan fingerprint density at radius 2 is 2.12 bits per heavy atom. The molecule has 0 aliphatic heterocycles. The van der Waals surface area contributed by atoms with E-state index in [-0.39, 0.29) is 17.3 Å². The molecule has 0 aromatic heterocycles. The van der Waals surface area contributed by atoms with Crippen molar-refractivity contribution < 1.29 is 19.4 Å². The molecule has 1 N–H and O–H groups in total. The smallest absolute Gasteiger partial charge is 0.166 e. The molecular weight excluding hydrogens is 328 g/mol. The topological polar surface area (TPSA) is 63.6 Å². The Balaban J connectivity index is 2.25. The van der Waals surface area contributed by atoms with Crippen LogP contribution in [0.4, 0.5) is 0 Å². The van der Waals surface area contributed by atoms with E-state index in [0.29, 0.717) is 29.9 Å². The summed E-state index contributed by atoms with van der Waals surface area (Å²) in [6.07, 6.45) is 5.62. The number of hydrogen-bond acceptors (Lipinski definition) is 4. The molecule has 0 saturated heterocycles. The molecule has 0 radical (unpaired) electrons. The second-order valence-electron chi connectivity index (χ2n) is 7.10. The molecule has 2 aliphatic rings. The van der Waals surface area contributed by atoms with Crippen LogP contribution in [0.15, 0.2) is 54.2 Å². The summed E-state index contributed by atoms with van der Waals surface area (Å²) >= 11 is 0. The van der Waals surface area contributed by atoms with Crippen LogP contribution < -0.4 is 4.74 Å². The van der Waals surface area contributed by atoms with E-state index in [1.54, 1.807) is 31.2 Å². The van der Waals surface area contributed by atoms with Gasteiger partial charge < -0.3 is 9.84 Å². The van der Waals surface area contributed by atoms with Crippen molar-refractivity contribution in [3.05, 3.63) is 59.7 Å². The van der Waals surface area contributed by atoms with Gasteiger partial charge in [0.15, 0.2) is 23.1 Å². The molecule has 0 spiro atoms. The average molecular weight is 352 g/mol. The van der Waals surface area contributed by atoms with Crippen molar-refractivity contribution in [1.82, 2.24) is 0 Å². The molecule has 0 bridgehead atoms. The molecular formula is C22H24O4. The van der Waals surface area contributed by atoms with E-state index in [4.69, 9.17) is 4.74 Å². The molecule has 4 nitrogen and oxygen atoms in total. The number of phenols is 1. The third kappa shape index (κ3) is 2.52. The zero-order valence-corrected chi connectivity index (χ0v) is 15.4. The van der Waals surface area contributed by atoms with Crippen LogP contribution in [0.3, 0.4) is 0 Å². The molecule has 3 unspecified atom stereocenters. The lowest BCUT2D eigenvalue weighted by Gasteiger charge is -2.47. The van der Waals surface area contributed by atoms with Gasteiger partial charge in [-0.3, -0.25) is 9.59 Å². The van der Waals surface area contributed by atoms with Crippen LogP contribution in [-0.2, 0) is 9.59 Å². The standard InChI is InChI=1S/C22H24O4/c1-5-14-10-11-16-17(23)12-13(3)21(25)22(16,4)19(14)15-8-7-9-18(20(15)24)26-6-2/h5,7-10,12,16,19,24H,1,6,11H2,2-4H3. The monoisotopic (exact) mass is 352 g/mol. The Bertz CT molecular complexity index is 846. The molecule has 136 valence electrons. The zero-order chi connectivity index (χ0) is 19.1. The maximum atomic E-state index is 13.2. The molecule has 2 aliphatic carbocycles. The largest absolute Gasteiger partial charge is 0.504 e. The number of hydrogen-bond donors (Lipinski definition) is 1. The average Bonchev–Trinajstić information content (AvgIpc) is 2.61. The van der Waals surface area contributed by atoms with Crippen LogP contribution in [0.1, 0.15) is 38.7 Å². The summed E-state index contributed by atoms with van der Waals surface area (Å²) in [6.45, 7) is 9.67. The van der Waals surface area contributed by atoms with Crippen molar-refractivity contribution in [3.63, 3.8) is 0 Å². The first-order chi connectivity index (χ1) is 12.4. The molecule has 26 heavy (non-hydrogen) atoms. The van der Waals surface area contributed by atoms with Gasteiger partial charge in [-0.1, -0.05) is 37.8 Å². The maximum absolute atomic E-state index is 13.2. The quantitative estimate of drug-likeness (QED) is 0.886. The minimum atomic E-state index is -0.962. The van der Waals surface area contributed by atoms with Crippen LogP contribution in [0, 0.1) is 11.3 Å². The summed E-state index contributed by atoms with van der Waals surface area (Å²) in [5.41, 5.74) is 0.939. The zero-order valence-electron chi connectivity index (χ0n) is 15.4. The Morgan fingerprint density at radius 3 is 2.77 bits per heavy atom. The number of carbonyl (C=O) groups is 2. The molecule has 3 rings (SSSR count). The molecule has 3 atom stereocenters. The molecule has 0 fully saturated rings. The number of ether oxygens (including phenoxy) is 1. The summed E-state index contributed by atoms with van der Waals surface area (Å²) in [5, 5.41) is 10.8. The van der Waals surface area contributed by atoms with Crippen molar-refractivity contribution in [2.24, 2.45) is 11.3 Å². The number of para-hydroxylation sites is 1. The number of phenolic OH excluding ortho intramolecular Hbond substituents is 1. The van der Waals surface area contributed by atoms with Crippen molar-refractivity contribution >= 4 is 11.6 Å². The lowest BCUT2D eigenvalue weighted by Crippen LogP contribution is -2.49. The lowest BCUT2D eigenvalue weighted by molar-refractivity contribution is -0.137. The Labute approximate surface area is 153 Å². The normalized spacial score (nSPS) is 28.1. The van der Waals surface area contributed by atoms with E-state index >= 15 is 0 Å². The van der Waals surface area contributed by atoms with Crippen LogP contribution in [0.25, 0.3) is 0 Å². The summed E-state index contributed by atoms with van der Waals surface area (Å²) in [5.74, 6) is -0.598. The van der Waals surface area contributed by atoms with Crippen LogP contribution in [0.5, 0.6) is 11.5 Å². The Hall–Kier alpha value is -2.62. The number of carbonyl (C=O) groups excluding carboxylic acids is 2. The predicted octanol–water partition coefficient (Wildman–Crippen LogP) is 4.11. The van der Waals surface area contributed by atoms with Gasteiger partial charge in [-0.15, -0.1) is 0 Å². The third-order valence-electron chi connectivity index (χ3n) is 5.67. The number of ketones is 2. The minimum Gasteiger partial charge on any atom is -0.504 e. The van der Waals surface area contributed by atoms with E-state index < -0.39 is 17.3 Å². The fraction of sp³-hybridized carbons (Fsp3) is 0.364. The summed E-state index contributed by atoms with van der Waals surface area (Å²) in [4.78, 5) is 25.8. The minimum absolute atomic E-state index is 0.0152. The Morgan fingerprint density at radius 1 is 1.38 bits per heavy atom. The molecule has 1 aromatic carbocycles. The van der Waals surface area contributed by atoms with Crippen LogP contribution in [-0.4, -0.2) is 23.3 Å². The van der Waals surface area contributed by atoms with Gasteiger partial charge in [0, 0.05) is 17.4 Å². The summed E-state index contributed by atoms with van der Waals surface area (Å²) in [6, 6.07) is 5.28. The van der Waals surface area contributed by atoms with Crippen molar-refractivity contribution in [3.8, 4) is 11.5 Å². The molecule has 0 heterocycles. The van der Waals surface area contributed by atoms with E-state index in [1.807, 2.05) is 19.9 Å². The van der Waals surface area contributed by atoms with Crippen molar-refractivity contribution in [2.75, 3.05) is 6.61 Å². The lowest BCUT2D eigenvalue weighted by atomic mass is 9.53. The number of rotatable bonds is 4. The van der Waals surface area contributed by atoms with Gasteiger partial charge in [-0.25, -0.2) is 0 Å². The van der Waals surface area contributed by atoms with E-state index in [1.165, 1.54) is 6.08 Å². The summed E-state index contributed by atoms with van der Waals surface area (Å²) in [7, 11) is 0. The molecule has 4 heteroatoms. The van der Waals surface area contributed by atoms with Gasteiger partial charge in [0.2, 0.25) is 0 Å². The molecule has 0 amide bonds. The van der Waals surface area contributed by atoms with Gasteiger partial charge >= 0.3 is 0 Å². The van der Waals surface area contributed by atoms with Crippen molar-refractivity contribution in [2.45, 2.75) is 33.1 Å². The highest BCUT2D eigenvalue weighted by Gasteiger charge is 2.55. The fourth-order valence-electron chi connectivity index (χ4n) is 4.42. The maximum Gasteiger partial charge on any atom is 0.166 e. The van der Waals surface area contributed by atoms with Gasteiger partial charge in [-0.05, 0) is 43.6 Å². The first kappa shape index (κ1) is 18.2. The van der Waals surface area contributed by atoms with E-state index in [9.17, 15) is 14.7 Å². The number of fused-ring (bicyclic) bond motifs is 1. The van der Waals surface area contributed by atoms with Crippen LogP contribution in [0.2, 0.25) is 0 Å².